The Kier molecular flexibility index (Phi) is 6.36. The molecule has 0 saturated heterocycles. The predicted octanol–water partition coefficient (Wildman–Crippen LogP) is 2.54. The zero-order valence-corrected chi connectivity index (χ0v) is 16.2. The minimum Gasteiger partial charge on any atom is -0.444 e. The summed E-state index contributed by atoms with van der Waals surface area (Å²) in [7, 11) is 0. The van der Waals surface area contributed by atoms with E-state index >= 15 is 0 Å². The maximum Gasteiger partial charge on any atom is 0.412 e. The van der Waals surface area contributed by atoms with E-state index in [1.54, 1.807) is 24.3 Å². The van der Waals surface area contributed by atoms with Crippen molar-refractivity contribution in [1.82, 2.24) is 9.71 Å². The van der Waals surface area contributed by atoms with E-state index in [1.807, 2.05) is 6.07 Å². The van der Waals surface area contributed by atoms with Crippen LogP contribution in [0.1, 0.15) is 12.5 Å². The van der Waals surface area contributed by atoms with Crippen molar-refractivity contribution in [3.63, 3.8) is 0 Å². The minimum absolute atomic E-state index is 0.0148. The molecule has 0 aliphatic rings. The normalized spacial score (nSPS) is 10.2. The van der Waals surface area contributed by atoms with Crippen molar-refractivity contribution in [2.75, 3.05) is 5.32 Å². The number of rotatable bonds is 6. The molecule has 0 atom stereocenters. The highest BCUT2D eigenvalue weighted by Crippen LogP contribution is 2.20. The molecule has 3 aromatic rings. The highest BCUT2D eigenvalue weighted by atomic mass is 16.7. The van der Waals surface area contributed by atoms with Gasteiger partial charge in [-0.2, -0.15) is 0 Å². The van der Waals surface area contributed by atoms with E-state index in [0.717, 1.165) is 18.7 Å². The summed E-state index contributed by atoms with van der Waals surface area (Å²) in [6.07, 6.45) is 0.170. The standard InChI is InChI=1S/C20H16N4O7/c1-13(25)31-23-18(15-7-9-16(10-8-15)24(28)29)21-11-17(19(23)26)22-20(27)30-12-14-5-3-2-4-6-14/h2-11H,12H2,1H3,(H,22,27). The first-order valence-corrected chi connectivity index (χ1v) is 8.88. The first-order chi connectivity index (χ1) is 14.8. The molecule has 11 nitrogen and oxygen atoms in total. The number of anilines is 1. The average Bonchev–Trinajstić information content (AvgIpc) is 2.76. The van der Waals surface area contributed by atoms with Gasteiger partial charge in [-0.25, -0.2) is 14.6 Å². The molecule has 0 saturated carbocycles. The SMILES string of the molecule is CC(=O)On1c(-c2ccc([N+](=O)[O-])cc2)ncc(NC(=O)OCc2ccccc2)c1=O. The number of carbonyl (C=O) groups is 2. The fourth-order valence-corrected chi connectivity index (χ4v) is 2.53. The number of nitrogens with zero attached hydrogens (tertiary/aromatic N) is 3. The van der Waals surface area contributed by atoms with Gasteiger partial charge in [0.1, 0.15) is 12.3 Å². The molecule has 1 N–H and O–H groups in total. The predicted molar refractivity (Wildman–Crippen MR) is 108 cm³/mol. The number of amides is 1. The summed E-state index contributed by atoms with van der Waals surface area (Å²) in [5.41, 5.74) is -0.298. The monoisotopic (exact) mass is 424 g/mol. The molecule has 0 spiro atoms. The van der Waals surface area contributed by atoms with Gasteiger partial charge in [0.25, 0.3) is 5.69 Å². The van der Waals surface area contributed by atoms with Crippen LogP contribution < -0.4 is 15.7 Å². The molecule has 2 aromatic carbocycles. The molecule has 0 aliphatic carbocycles. The Morgan fingerprint density at radius 2 is 1.81 bits per heavy atom. The Morgan fingerprint density at radius 1 is 1.13 bits per heavy atom. The highest BCUT2D eigenvalue weighted by Gasteiger charge is 2.18. The van der Waals surface area contributed by atoms with E-state index in [0.29, 0.717) is 4.73 Å². The summed E-state index contributed by atoms with van der Waals surface area (Å²) in [4.78, 5) is 55.5. The molecule has 31 heavy (non-hydrogen) atoms. The van der Waals surface area contributed by atoms with Crippen LogP contribution in [0.3, 0.4) is 0 Å². The van der Waals surface area contributed by atoms with Crippen molar-refractivity contribution in [2.24, 2.45) is 0 Å². The number of ether oxygens (including phenoxy) is 1. The largest absolute Gasteiger partial charge is 0.444 e. The minimum atomic E-state index is -0.903. The van der Waals surface area contributed by atoms with Crippen LogP contribution >= 0.6 is 0 Å². The third-order valence-electron chi connectivity index (χ3n) is 3.93. The van der Waals surface area contributed by atoms with Crippen molar-refractivity contribution in [1.29, 1.82) is 0 Å². The summed E-state index contributed by atoms with van der Waals surface area (Å²) in [6, 6.07) is 14.0. The fraction of sp³-hybridized carbons (Fsp3) is 0.100. The molecular formula is C20H16N4O7. The molecule has 0 aliphatic heterocycles. The number of hydrogen-bond acceptors (Lipinski definition) is 8. The van der Waals surface area contributed by atoms with E-state index in [-0.39, 0.29) is 29.4 Å². The van der Waals surface area contributed by atoms with Crippen molar-refractivity contribution >= 4 is 23.4 Å². The first-order valence-electron chi connectivity index (χ1n) is 8.88. The Balaban J connectivity index is 1.85. The van der Waals surface area contributed by atoms with E-state index in [4.69, 9.17) is 9.57 Å². The van der Waals surface area contributed by atoms with E-state index in [2.05, 4.69) is 10.3 Å². The summed E-state index contributed by atoms with van der Waals surface area (Å²) >= 11 is 0. The van der Waals surface area contributed by atoms with Gasteiger partial charge in [0.15, 0.2) is 5.82 Å². The molecule has 11 heteroatoms. The summed E-state index contributed by atoms with van der Waals surface area (Å²) in [5, 5.41) is 13.1. The fourth-order valence-electron chi connectivity index (χ4n) is 2.53. The lowest BCUT2D eigenvalue weighted by molar-refractivity contribution is -0.384. The number of nitro benzene ring substituents is 1. The maximum atomic E-state index is 12.8. The number of aromatic nitrogens is 2. The first kappa shape index (κ1) is 21.2. The molecule has 1 amide bonds. The Bertz CT molecular complexity index is 1170. The molecule has 0 radical (unpaired) electrons. The molecule has 1 heterocycles. The molecule has 1 aromatic heterocycles. The zero-order valence-electron chi connectivity index (χ0n) is 16.2. The van der Waals surface area contributed by atoms with E-state index in [9.17, 15) is 24.5 Å². The van der Waals surface area contributed by atoms with Crippen molar-refractivity contribution in [2.45, 2.75) is 13.5 Å². The van der Waals surface area contributed by atoms with Gasteiger partial charge in [-0.15, -0.1) is 4.73 Å². The Labute approximate surface area is 175 Å². The third kappa shape index (κ3) is 5.29. The summed E-state index contributed by atoms with van der Waals surface area (Å²) in [6.45, 7) is 1.07. The number of nitrogens with one attached hydrogen (secondary N) is 1. The van der Waals surface area contributed by atoms with Crippen LogP contribution in [0, 0.1) is 10.1 Å². The van der Waals surface area contributed by atoms with Gasteiger partial charge < -0.3 is 9.57 Å². The number of non-ortho nitro benzene ring substituents is 1. The van der Waals surface area contributed by atoms with Gasteiger partial charge in [-0.05, 0) is 17.7 Å². The Morgan fingerprint density at radius 3 is 2.42 bits per heavy atom. The quantitative estimate of drug-likeness (QED) is 0.470. The van der Waals surface area contributed by atoms with Crippen molar-refractivity contribution < 1.29 is 24.1 Å². The summed E-state index contributed by atoms with van der Waals surface area (Å²) < 4.78 is 5.65. The van der Waals surface area contributed by atoms with Gasteiger partial charge in [-0.3, -0.25) is 20.2 Å². The number of benzene rings is 2. The van der Waals surface area contributed by atoms with Crippen LogP contribution in [-0.4, -0.2) is 26.7 Å². The topological polar surface area (TPSA) is 143 Å². The number of hydrogen-bond donors (Lipinski definition) is 1. The van der Waals surface area contributed by atoms with Crippen molar-refractivity contribution in [3.8, 4) is 11.4 Å². The van der Waals surface area contributed by atoms with Gasteiger partial charge in [0, 0.05) is 24.6 Å². The second-order valence-electron chi connectivity index (χ2n) is 6.17. The van der Waals surface area contributed by atoms with Gasteiger partial charge in [0.05, 0.1) is 11.1 Å². The molecule has 158 valence electrons. The third-order valence-corrected chi connectivity index (χ3v) is 3.93. The van der Waals surface area contributed by atoms with Crippen LogP contribution in [0.4, 0.5) is 16.2 Å². The van der Waals surface area contributed by atoms with E-state index < -0.39 is 22.5 Å². The van der Waals surface area contributed by atoms with Gasteiger partial charge >= 0.3 is 17.6 Å². The molecular weight excluding hydrogens is 408 g/mol. The number of nitro groups is 1. The molecule has 0 fully saturated rings. The summed E-state index contributed by atoms with van der Waals surface area (Å²) in [5.74, 6) is -0.894. The van der Waals surface area contributed by atoms with Gasteiger partial charge in [-0.1, -0.05) is 30.3 Å². The Hall–Kier alpha value is -4.54. The van der Waals surface area contributed by atoms with Crippen LogP contribution in [0.25, 0.3) is 11.4 Å². The second kappa shape index (κ2) is 9.31. The highest BCUT2D eigenvalue weighted by molar-refractivity contribution is 5.84. The lowest BCUT2D eigenvalue weighted by Crippen LogP contribution is -2.34. The smallest absolute Gasteiger partial charge is 0.412 e. The molecule has 3 rings (SSSR count). The average molecular weight is 424 g/mol. The number of carbonyl (C=O) groups excluding carboxylic acids is 2. The molecule has 0 bridgehead atoms. The maximum absolute atomic E-state index is 12.8. The zero-order chi connectivity index (χ0) is 22.4. The second-order valence-corrected chi connectivity index (χ2v) is 6.17. The lowest BCUT2D eigenvalue weighted by Gasteiger charge is -2.12. The van der Waals surface area contributed by atoms with E-state index in [1.165, 1.54) is 24.3 Å². The van der Waals surface area contributed by atoms with Crippen LogP contribution in [0.15, 0.2) is 65.6 Å². The van der Waals surface area contributed by atoms with Gasteiger partial charge in [0.2, 0.25) is 0 Å². The van der Waals surface area contributed by atoms with Crippen LogP contribution in [0.2, 0.25) is 0 Å². The molecule has 0 unspecified atom stereocenters. The lowest BCUT2D eigenvalue weighted by atomic mass is 10.2. The van der Waals surface area contributed by atoms with Crippen LogP contribution in [0.5, 0.6) is 0 Å². The van der Waals surface area contributed by atoms with Crippen LogP contribution in [-0.2, 0) is 16.1 Å². The van der Waals surface area contributed by atoms with Crippen molar-refractivity contribution in [3.05, 3.63) is 86.8 Å².